The van der Waals surface area contributed by atoms with Gasteiger partial charge in [0.05, 0.1) is 0 Å². The molecule has 4 heteroatoms. The minimum Gasteiger partial charge on any atom is -0.336 e. The fraction of sp³-hybridized carbons (Fsp3) is 0.529. The normalized spacial score (nSPS) is 12.4. The minimum absolute atomic E-state index is 0.0547. The average Bonchev–Trinajstić information content (AvgIpc) is 2.32. The fourth-order valence-electron chi connectivity index (χ4n) is 1.54. The van der Waals surface area contributed by atoms with Crippen LogP contribution in [-0.2, 0) is 0 Å². The number of nitrogens with zero attached hydrogens (tertiary/aromatic N) is 2. The van der Waals surface area contributed by atoms with Gasteiger partial charge in [-0.05, 0) is 63.3 Å². The minimum atomic E-state index is -0.858. The first kappa shape index (κ1) is 17.6. The third-order valence-electron chi connectivity index (χ3n) is 3.09. The topological polar surface area (TPSA) is 33.2 Å². The number of hydrogen-bond acceptors (Lipinski definition) is 2. The van der Waals surface area contributed by atoms with Crippen LogP contribution in [0.15, 0.2) is 12.3 Å². The molecule has 0 aromatic carbocycles. The number of hydrogen-bond donors (Lipinski definition) is 0. The second-order valence-electron chi connectivity index (χ2n) is 6.99. The second-order valence-corrected chi connectivity index (χ2v) is 10.9. The van der Waals surface area contributed by atoms with Gasteiger partial charge in [0.15, 0.2) is 0 Å². The van der Waals surface area contributed by atoms with E-state index in [1.807, 2.05) is 33.8 Å². The zero-order chi connectivity index (χ0) is 16.4. The highest BCUT2D eigenvalue weighted by atomic mass is 32.3. The van der Waals surface area contributed by atoms with Crippen molar-refractivity contribution in [2.75, 3.05) is 25.8 Å². The van der Waals surface area contributed by atoms with E-state index in [9.17, 15) is 4.79 Å². The molecule has 0 aliphatic rings. The summed E-state index contributed by atoms with van der Waals surface area (Å²) < 4.78 is 0. The van der Waals surface area contributed by atoms with Crippen LogP contribution >= 0.6 is 10.0 Å². The molecule has 1 aromatic heterocycles. The van der Waals surface area contributed by atoms with Gasteiger partial charge in [0, 0.05) is 24.3 Å². The van der Waals surface area contributed by atoms with Crippen LogP contribution in [0.2, 0.25) is 0 Å². The largest absolute Gasteiger partial charge is 0.336 e. The Morgan fingerprint density at radius 3 is 2.29 bits per heavy atom. The highest BCUT2D eigenvalue weighted by Gasteiger charge is 2.25. The van der Waals surface area contributed by atoms with Gasteiger partial charge >= 0.3 is 0 Å². The molecule has 0 N–H and O–H groups in total. The lowest BCUT2D eigenvalue weighted by Gasteiger charge is -2.32. The number of carbonyl (C=O) groups excluding carboxylic acids is 1. The summed E-state index contributed by atoms with van der Waals surface area (Å²) in [6.07, 6.45) is 8.14. The fourth-order valence-corrected chi connectivity index (χ4v) is 1.97. The lowest BCUT2D eigenvalue weighted by Crippen LogP contribution is -2.43. The molecule has 0 fully saturated rings. The third-order valence-corrected chi connectivity index (χ3v) is 3.81. The number of aryl methyl sites for hydroxylation is 1. The first-order valence-corrected chi connectivity index (χ1v) is 9.73. The summed E-state index contributed by atoms with van der Waals surface area (Å²) in [5.41, 5.74) is 2.01. The van der Waals surface area contributed by atoms with Gasteiger partial charge in [-0.3, -0.25) is 4.79 Å². The molecule has 0 radical (unpaired) electrons. The second kappa shape index (κ2) is 6.11. The summed E-state index contributed by atoms with van der Waals surface area (Å²) in [4.78, 5) is 18.5. The molecule has 1 amide bonds. The molecule has 21 heavy (non-hydrogen) atoms. The predicted octanol–water partition coefficient (Wildman–Crippen LogP) is 3.26. The van der Waals surface area contributed by atoms with Crippen molar-refractivity contribution >= 4 is 15.9 Å². The van der Waals surface area contributed by atoms with E-state index in [1.54, 1.807) is 18.1 Å². The van der Waals surface area contributed by atoms with E-state index in [0.717, 1.165) is 11.1 Å². The van der Waals surface area contributed by atoms with E-state index in [1.165, 1.54) is 0 Å². The van der Waals surface area contributed by atoms with Gasteiger partial charge in [-0.1, -0.05) is 5.92 Å². The zero-order valence-electron chi connectivity index (χ0n) is 14.4. The lowest BCUT2D eigenvalue weighted by atomic mass is 10.1. The van der Waals surface area contributed by atoms with Crippen molar-refractivity contribution in [3.63, 3.8) is 0 Å². The molecule has 116 valence electrons. The van der Waals surface area contributed by atoms with Crippen LogP contribution in [-0.4, -0.2) is 47.1 Å². The van der Waals surface area contributed by atoms with Crippen LogP contribution in [0.25, 0.3) is 0 Å². The van der Waals surface area contributed by atoms with Crippen molar-refractivity contribution in [2.24, 2.45) is 0 Å². The predicted molar refractivity (Wildman–Crippen MR) is 93.1 cm³/mol. The molecule has 0 unspecified atom stereocenters. The summed E-state index contributed by atoms with van der Waals surface area (Å²) in [5, 5.41) is 3.26. The molecular weight excluding hydrogens is 280 g/mol. The smallest absolute Gasteiger partial charge is 0.272 e. The average molecular weight is 306 g/mol. The highest BCUT2D eigenvalue weighted by molar-refractivity contribution is 8.35. The molecule has 0 saturated carbocycles. The SMILES string of the molecule is Cc1cc(C#CS(C)(C)C)cnc1C(=O)N(C)C(C)(C)C. The summed E-state index contributed by atoms with van der Waals surface area (Å²) >= 11 is 0. The Morgan fingerprint density at radius 2 is 1.86 bits per heavy atom. The first-order valence-electron chi connectivity index (χ1n) is 6.88. The van der Waals surface area contributed by atoms with Crippen molar-refractivity contribution in [1.29, 1.82) is 0 Å². The lowest BCUT2D eigenvalue weighted by molar-refractivity contribution is 0.0649. The number of aromatic nitrogens is 1. The van der Waals surface area contributed by atoms with Crippen molar-refractivity contribution in [1.82, 2.24) is 9.88 Å². The van der Waals surface area contributed by atoms with Crippen molar-refractivity contribution in [3.8, 4) is 11.2 Å². The van der Waals surface area contributed by atoms with Crippen LogP contribution < -0.4 is 0 Å². The highest BCUT2D eigenvalue weighted by Crippen LogP contribution is 2.32. The Hall–Kier alpha value is -1.47. The van der Waals surface area contributed by atoms with Gasteiger partial charge in [-0.25, -0.2) is 4.98 Å². The monoisotopic (exact) mass is 306 g/mol. The molecule has 0 aliphatic heterocycles. The quantitative estimate of drug-likeness (QED) is 0.746. The van der Waals surface area contributed by atoms with Gasteiger partial charge in [-0.15, -0.1) is 0 Å². The zero-order valence-corrected chi connectivity index (χ0v) is 15.2. The maximum absolute atomic E-state index is 12.5. The molecule has 0 atom stereocenters. The van der Waals surface area contributed by atoms with Crippen molar-refractivity contribution in [2.45, 2.75) is 33.2 Å². The number of carbonyl (C=O) groups is 1. The van der Waals surface area contributed by atoms with E-state index < -0.39 is 10.0 Å². The molecule has 1 heterocycles. The molecule has 1 rings (SSSR count). The molecular formula is C17H26N2OS. The first-order chi connectivity index (χ1) is 9.42. The Labute approximate surface area is 130 Å². The molecule has 0 spiro atoms. The third kappa shape index (κ3) is 5.09. The number of pyridine rings is 1. The van der Waals surface area contributed by atoms with E-state index >= 15 is 0 Å². The van der Waals surface area contributed by atoms with Gasteiger partial charge in [0.25, 0.3) is 5.91 Å². The molecule has 0 aliphatic carbocycles. The Morgan fingerprint density at radius 1 is 1.29 bits per heavy atom. The van der Waals surface area contributed by atoms with Gasteiger partial charge in [0.2, 0.25) is 0 Å². The van der Waals surface area contributed by atoms with Crippen molar-refractivity contribution < 1.29 is 4.79 Å². The van der Waals surface area contributed by atoms with Crippen LogP contribution in [0.1, 0.15) is 42.4 Å². The van der Waals surface area contributed by atoms with E-state index in [2.05, 4.69) is 34.9 Å². The molecule has 0 bridgehead atoms. The van der Waals surface area contributed by atoms with Gasteiger partial charge in [0.1, 0.15) is 5.69 Å². The standard InChI is InChI=1S/C17H26N2OS/c1-13-11-14(9-10-21(6,7)8)12-18-15(13)16(20)19(5)17(2,3)4/h11-12H,1-8H3. The summed E-state index contributed by atoms with van der Waals surface area (Å²) in [5.74, 6) is 3.10. The van der Waals surface area contributed by atoms with E-state index in [0.29, 0.717) is 5.69 Å². The van der Waals surface area contributed by atoms with Gasteiger partial charge < -0.3 is 4.90 Å². The number of amides is 1. The maximum atomic E-state index is 12.5. The van der Waals surface area contributed by atoms with E-state index in [-0.39, 0.29) is 11.4 Å². The Balaban J connectivity index is 3.09. The summed E-state index contributed by atoms with van der Waals surface area (Å²) in [6.45, 7) is 7.93. The summed E-state index contributed by atoms with van der Waals surface area (Å²) in [7, 11) is 0.947. The number of rotatable bonds is 1. The van der Waals surface area contributed by atoms with Crippen molar-refractivity contribution in [3.05, 3.63) is 29.1 Å². The van der Waals surface area contributed by atoms with Crippen LogP contribution in [0.3, 0.4) is 0 Å². The van der Waals surface area contributed by atoms with Crippen LogP contribution in [0, 0.1) is 18.1 Å². The molecule has 1 aromatic rings. The molecule has 0 saturated heterocycles. The van der Waals surface area contributed by atoms with Crippen LogP contribution in [0.5, 0.6) is 0 Å². The summed E-state index contributed by atoms with van der Waals surface area (Å²) in [6, 6.07) is 1.94. The molecule has 3 nitrogen and oxygen atoms in total. The van der Waals surface area contributed by atoms with Crippen LogP contribution in [0.4, 0.5) is 0 Å². The Bertz CT molecular complexity index is 598. The van der Waals surface area contributed by atoms with Gasteiger partial charge in [-0.2, -0.15) is 10.0 Å². The van der Waals surface area contributed by atoms with E-state index in [4.69, 9.17) is 0 Å². The maximum Gasteiger partial charge on any atom is 0.272 e. The Kier molecular flexibility index (Phi) is 5.11.